The molecule has 0 aromatic heterocycles. The Kier molecular flexibility index (Phi) is 5.72. The minimum Gasteiger partial charge on any atom is -0.317 e. The molecule has 4 nitrogen and oxygen atoms in total. The molecule has 122 valence electrons. The highest BCUT2D eigenvalue weighted by molar-refractivity contribution is 5.85. The van der Waals surface area contributed by atoms with E-state index in [2.05, 4.69) is 5.32 Å². The number of carbonyl (C=O) groups is 1. The summed E-state index contributed by atoms with van der Waals surface area (Å²) in [6, 6.07) is 2.96. The Morgan fingerprint density at radius 1 is 1.14 bits per heavy atom. The van der Waals surface area contributed by atoms with Crippen LogP contribution >= 0.6 is 12.4 Å². The molecule has 0 spiro atoms. The molecule has 2 aliphatic heterocycles. The Hall–Kier alpha value is -1.24. The van der Waals surface area contributed by atoms with Crippen LogP contribution in [0.5, 0.6) is 0 Å². The van der Waals surface area contributed by atoms with Crippen molar-refractivity contribution in [2.45, 2.75) is 25.3 Å². The fourth-order valence-corrected chi connectivity index (χ4v) is 3.01. The number of halogens is 3. The molecule has 1 aromatic carbocycles. The highest BCUT2D eigenvalue weighted by atomic mass is 35.5. The van der Waals surface area contributed by atoms with Crippen LogP contribution in [0.1, 0.15) is 30.9 Å². The van der Waals surface area contributed by atoms with Crippen LogP contribution in [0, 0.1) is 17.6 Å². The van der Waals surface area contributed by atoms with E-state index < -0.39 is 17.7 Å². The average Bonchev–Trinajstić information content (AvgIpc) is 2.96. The van der Waals surface area contributed by atoms with E-state index in [1.807, 2.05) is 0 Å². The van der Waals surface area contributed by atoms with Crippen LogP contribution in [0.2, 0.25) is 0 Å². The molecule has 2 fully saturated rings. The van der Waals surface area contributed by atoms with E-state index in [1.165, 1.54) is 17.2 Å². The molecule has 2 aliphatic rings. The van der Waals surface area contributed by atoms with Crippen LogP contribution < -0.4 is 5.32 Å². The number of rotatable bonds is 2. The third-order valence-electron chi connectivity index (χ3n) is 4.08. The summed E-state index contributed by atoms with van der Waals surface area (Å²) in [5, 5.41) is 4.53. The van der Waals surface area contributed by atoms with Crippen molar-refractivity contribution in [1.29, 1.82) is 0 Å². The largest absolute Gasteiger partial charge is 0.317 e. The monoisotopic (exact) mass is 332 g/mol. The van der Waals surface area contributed by atoms with Gasteiger partial charge in [-0.1, -0.05) is 0 Å². The Labute approximate surface area is 134 Å². The first-order valence-electron chi connectivity index (χ1n) is 7.28. The number of carbonyl (C=O) groups excluding carboxylic acids is 1. The second-order valence-corrected chi connectivity index (χ2v) is 5.53. The molecule has 2 heterocycles. The third kappa shape index (κ3) is 3.56. The van der Waals surface area contributed by atoms with Gasteiger partial charge in [-0.2, -0.15) is 0 Å². The minimum atomic E-state index is -0.633. The number of hydroxylamine groups is 2. The number of nitrogens with one attached hydrogen (secondary N) is 1. The molecular formula is C15H19ClF2N2O2. The maximum atomic E-state index is 13.4. The van der Waals surface area contributed by atoms with Crippen LogP contribution in [-0.4, -0.2) is 30.7 Å². The van der Waals surface area contributed by atoms with Crippen molar-refractivity contribution in [1.82, 2.24) is 10.4 Å². The molecule has 22 heavy (non-hydrogen) atoms. The van der Waals surface area contributed by atoms with E-state index in [-0.39, 0.29) is 24.2 Å². The summed E-state index contributed by atoms with van der Waals surface area (Å²) in [7, 11) is 0. The Balaban J connectivity index is 0.00000176. The number of hydrogen-bond acceptors (Lipinski definition) is 3. The zero-order valence-electron chi connectivity index (χ0n) is 12.1. The normalized spacial score (nSPS) is 22.5. The summed E-state index contributed by atoms with van der Waals surface area (Å²) in [6.45, 7) is 2.01. The SMILES string of the molecule is Cl.O=C(C1CCNCC1)N1OCCC1c1cc(F)cc(F)c1. The van der Waals surface area contributed by atoms with Crippen molar-refractivity contribution in [3.63, 3.8) is 0 Å². The van der Waals surface area contributed by atoms with Crippen molar-refractivity contribution < 1.29 is 18.4 Å². The van der Waals surface area contributed by atoms with Gasteiger partial charge in [0, 0.05) is 18.4 Å². The van der Waals surface area contributed by atoms with Crippen LogP contribution in [-0.2, 0) is 9.63 Å². The second-order valence-electron chi connectivity index (χ2n) is 5.53. The van der Waals surface area contributed by atoms with Gasteiger partial charge >= 0.3 is 0 Å². The Morgan fingerprint density at radius 2 is 1.77 bits per heavy atom. The van der Waals surface area contributed by atoms with Crippen molar-refractivity contribution in [2.24, 2.45) is 5.92 Å². The van der Waals surface area contributed by atoms with Crippen LogP contribution in [0.3, 0.4) is 0 Å². The standard InChI is InChI=1S/C15H18F2N2O2.ClH/c16-12-7-11(8-13(17)9-12)14-3-6-21-19(14)15(20)10-1-4-18-5-2-10;/h7-10,14,18H,1-6H2;1H. The lowest BCUT2D eigenvalue weighted by atomic mass is 9.95. The van der Waals surface area contributed by atoms with Crippen LogP contribution in [0.25, 0.3) is 0 Å². The van der Waals surface area contributed by atoms with Gasteiger partial charge in [-0.25, -0.2) is 13.8 Å². The molecule has 0 radical (unpaired) electrons. The number of nitrogens with zero attached hydrogens (tertiary/aromatic N) is 1. The maximum Gasteiger partial charge on any atom is 0.249 e. The molecule has 1 aromatic rings. The van der Waals surface area contributed by atoms with Gasteiger partial charge in [0.25, 0.3) is 0 Å². The van der Waals surface area contributed by atoms with Gasteiger partial charge < -0.3 is 5.32 Å². The summed E-state index contributed by atoms with van der Waals surface area (Å²) in [5.41, 5.74) is 0.451. The summed E-state index contributed by atoms with van der Waals surface area (Å²) in [6.07, 6.45) is 2.09. The van der Waals surface area contributed by atoms with Crippen molar-refractivity contribution in [3.8, 4) is 0 Å². The molecule has 7 heteroatoms. The van der Waals surface area contributed by atoms with E-state index in [0.717, 1.165) is 32.0 Å². The minimum absolute atomic E-state index is 0. The fourth-order valence-electron chi connectivity index (χ4n) is 3.01. The fraction of sp³-hybridized carbons (Fsp3) is 0.533. The predicted molar refractivity (Wildman–Crippen MR) is 79.4 cm³/mol. The van der Waals surface area contributed by atoms with Gasteiger partial charge in [0.2, 0.25) is 5.91 Å². The molecule has 3 rings (SSSR count). The molecular weight excluding hydrogens is 314 g/mol. The van der Waals surface area contributed by atoms with E-state index >= 15 is 0 Å². The summed E-state index contributed by atoms with van der Waals surface area (Å²) in [5.74, 6) is -1.42. The van der Waals surface area contributed by atoms with Crippen molar-refractivity contribution >= 4 is 18.3 Å². The molecule has 1 N–H and O–H groups in total. The van der Waals surface area contributed by atoms with Crippen molar-refractivity contribution in [2.75, 3.05) is 19.7 Å². The Bertz CT molecular complexity index is 518. The first-order valence-corrected chi connectivity index (χ1v) is 7.28. The second kappa shape index (κ2) is 7.35. The van der Waals surface area contributed by atoms with Gasteiger partial charge in [-0.3, -0.25) is 9.63 Å². The molecule has 0 bridgehead atoms. The number of piperidine rings is 1. The zero-order chi connectivity index (χ0) is 14.8. The van der Waals surface area contributed by atoms with Gasteiger partial charge in [-0.15, -0.1) is 12.4 Å². The first-order chi connectivity index (χ1) is 10.1. The molecule has 0 saturated carbocycles. The molecule has 1 unspecified atom stereocenters. The molecule has 0 aliphatic carbocycles. The molecule has 1 atom stereocenters. The van der Waals surface area contributed by atoms with Crippen LogP contribution in [0.15, 0.2) is 18.2 Å². The predicted octanol–water partition coefficient (Wildman–Crippen LogP) is 2.59. The summed E-state index contributed by atoms with van der Waals surface area (Å²) >= 11 is 0. The third-order valence-corrected chi connectivity index (χ3v) is 4.08. The maximum absolute atomic E-state index is 13.4. The van der Waals surface area contributed by atoms with Gasteiger partial charge in [0.1, 0.15) is 11.6 Å². The number of amides is 1. The highest BCUT2D eigenvalue weighted by Crippen LogP contribution is 2.33. The quantitative estimate of drug-likeness (QED) is 0.905. The topological polar surface area (TPSA) is 41.6 Å². The first kappa shape index (κ1) is 17.1. The number of benzene rings is 1. The lowest BCUT2D eigenvalue weighted by molar-refractivity contribution is -0.182. The average molecular weight is 333 g/mol. The van der Waals surface area contributed by atoms with E-state index in [1.54, 1.807) is 0 Å². The lowest BCUT2D eigenvalue weighted by Gasteiger charge is -2.29. The van der Waals surface area contributed by atoms with Crippen molar-refractivity contribution in [3.05, 3.63) is 35.4 Å². The Morgan fingerprint density at radius 3 is 2.41 bits per heavy atom. The summed E-state index contributed by atoms with van der Waals surface area (Å²) in [4.78, 5) is 18.0. The molecule has 2 saturated heterocycles. The number of hydrogen-bond donors (Lipinski definition) is 1. The van der Waals surface area contributed by atoms with Gasteiger partial charge in [0.15, 0.2) is 0 Å². The smallest absolute Gasteiger partial charge is 0.249 e. The van der Waals surface area contributed by atoms with E-state index in [4.69, 9.17) is 4.84 Å². The van der Waals surface area contributed by atoms with E-state index in [9.17, 15) is 13.6 Å². The summed E-state index contributed by atoms with van der Waals surface area (Å²) < 4.78 is 26.7. The van der Waals surface area contributed by atoms with Crippen LogP contribution in [0.4, 0.5) is 8.78 Å². The van der Waals surface area contributed by atoms with E-state index in [0.29, 0.717) is 18.6 Å². The van der Waals surface area contributed by atoms with Gasteiger partial charge in [0.05, 0.1) is 12.6 Å². The highest BCUT2D eigenvalue weighted by Gasteiger charge is 2.36. The molecule has 1 amide bonds. The lowest BCUT2D eigenvalue weighted by Crippen LogP contribution is -2.40. The van der Waals surface area contributed by atoms with Gasteiger partial charge in [-0.05, 0) is 43.6 Å². The zero-order valence-corrected chi connectivity index (χ0v) is 12.9.